The quantitative estimate of drug-likeness (QED) is 0.597. The molecule has 1 aliphatic heterocycles. The van der Waals surface area contributed by atoms with Gasteiger partial charge in [0.25, 0.3) is 0 Å². The molecule has 0 atom stereocenters. The molecule has 21 heavy (non-hydrogen) atoms. The number of carbonyl (C=O) groups is 1. The van der Waals surface area contributed by atoms with E-state index in [1.54, 1.807) is 4.90 Å². The topological polar surface area (TPSA) is 66.0 Å². The van der Waals surface area contributed by atoms with Gasteiger partial charge in [-0.3, -0.25) is 4.99 Å². The molecule has 0 spiro atoms. The van der Waals surface area contributed by atoms with Crippen molar-refractivity contribution in [1.29, 1.82) is 0 Å². The molecule has 0 bridgehead atoms. The summed E-state index contributed by atoms with van der Waals surface area (Å²) in [5.74, 6) is 1.83. The summed E-state index contributed by atoms with van der Waals surface area (Å²) in [6.07, 6.45) is 5.61. The Labute approximate surface area is 127 Å². The van der Waals surface area contributed by atoms with Crippen LogP contribution in [0.5, 0.6) is 0 Å². The molecule has 6 nitrogen and oxygen atoms in total. The Bertz CT molecular complexity index is 361. The number of rotatable bonds is 5. The van der Waals surface area contributed by atoms with E-state index in [0.29, 0.717) is 6.04 Å². The molecule has 0 aromatic heterocycles. The van der Waals surface area contributed by atoms with Crippen molar-refractivity contribution in [3.05, 3.63) is 0 Å². The van der Waals surface area contributed by atoms with Crippen molar-refractivity contribution in [1.82, 2.24) is 15.5 Å². The van der Waals surface area contributed by atoms with E-state index in [4.69, 9.17) is 4.74 Å². The van der Waals surface area contributed by atoms with Crippen LogP contribution >= 0.6 is 0 Å². The number of hydrogen-bond acceptors (Lipinski definition) is 3. The van der Waals surface area contributed by atoms with Gasteiger partial charge in [0, 0.05) is 32.2 Å². The minimum atomic E-state index is -0.224. The Hall–Kier alpha value is -1.46. The zero-order chi connectivity index (χ0) is 15.1. The molecule has 2 fully saturated rings. The number of piperidine rings is 1. The zero-order valence-electron chi connectivity index (χ0n) is 13.2. The number of methoxy groups -OCH3 is 1. The van der Waals surface area contributed by atoms with Gasteiger partial charge < -0.3 is 20.3 Å². The number of hydrogen-bond donors (Lipinski definition) is 2. The fraction of sp³-hybridized carbons (Fsp3) is 0.867. The predicted molar refractivity (Wildman–Crippen MR) is 83.5 cm³/mol. The molecule has 0 aromatic rings. The Morgan fingerprint density at radius 1 is 1.29 bits per heavy atom. The van der Waals surface area contributed by atoms with E-state index in [-0.39, 0.29) is 6.09 Å². The van der Waals surface area contributed by atoms with Crippen LogP contribution in [0.25, 0.3) is 0 Å². The second kappa shape index (κ2) is 8.10. The third-order valence-electron chi connectivity index (χ3n) is 4.12. The van der Waals surface area contributed by atoms with Gasteiger partial charge >= 0.3 is 6.09 Å². The highest BCUT2D eigenvalue weighted by molar-refractivity contribution is 5.80. The lowest BCUT2D eigenvalue weighted by Gasteiger charge is -2.32. The van der Waals surface area contributed by atoms with Gasteiger partial charge in [-0.2, -0.15) is 0 Å². The van der Waals surface area contributed by atoms with Crippen LogP contribution in [0.15, 0.2) is 4.99 Å². The summed E-state index contributed by atoms with van der Waals surface area (Å²) in [5.41, 5.74) is 0. The largest absolute Gasteiger partial charge is 0.453 e. The summed E-state index contributed by atoms with van der Waals surface area (Å²) in [6, 6.07) is 0.379. The first-order valence-electron chi connectivity index (χ1n) is 8.10. The normalized spacial score (nSPS) is 20.3. The first-order chi connectivity index (χ1) is 10.2. The second-order valence-corrected chi connectivity index (χ2v) is 5.87. The Kier molecular flexibility index (Phi) is 6.14. The predicted octanol–water partition coefficient (Wildman–Crippen LogP) is 1.57. The summed E-state index contributed by atoms with van der Waals surface area (Å²) >= 11 is 0. The molecular weight excluding hydrogens is 268 g/mol. The van der Waals surface area contributed by atoms with Crippen LogP contribution < -0.4 is 10.6 Å². The molecule has 1 heterocycles. The smallest absolute Gasteiger partial charge is 0.409 e. The summed E-state index contributed by atoms with van der Waals surface area (Å²) in [7, 11) is 1.43. The molecule has 1 saturated heterocycles. The van der Waals surface area contributed by atoms with Gasteiger partial charge in [-0.1, -0.05) is 12.8 Å². The zero-order valence-corrected chi connectivity index (χ0v) is 13.2. The highest BCUT2D eigenvalue weighted by Crippen LogP contribution is 2.32. The summed E-state index contributed by atoms with van der Waals surface area (Å²) in [5, 5.41) is 6.79. The van der Waals surface area contributed by atoms with Gasteiger partial charge in [0.1, 0.15) is 0 Å². The second-order valence-electron chi connectivity index (χ2n) is 5.87. The van der Waals surface area contributed by atoms with Crippen LogP contribution in [0, 0.1) is 5.92 Å². The van der Waals surface area contributed by atoms with Gasteiger partial charge in [-0.15, -0.1) is 0 Å². The molecule has 0 unspecified atom stereocenters. The lowest BCUT2D eigenvalue weighted by molar-refractivity contribution is 0.111. The highest BCUT2D eigenvalue weighted by atomic mass is 16.5. The van der Waals surface area contributed by atoms with Gasteiger partial charge in [0.2, 0.25) is 0 Å². The summed E-state index contributed by atoms with van der Waals surface area (Å²) in [4.78, 5) is 17.9. The van der Waals surface area contributed by atoms with Gasteiger partial charge in [-0.05, 0) is 32.1 Å². The molecule has 2 aliphatic rings. The van der Waals surface area contributed by atoms with E-state index >= 15 is 0 Å². The van der Waals surface area contributed by atoms with E-state index in [9.17, 15) is 4.79 Å². The standard InChI is InChI=1S/C15H28N4O2/c1-3-16-14(17-9-6-12-4-5-12)18-13-7-10-19(11-8-13)15(20)21-2/h12-13H,3-11H2,1-2H3,(H2,16,17,18). The Balaban J connectivity index is 1.73. The van der Waals surface area contributed by atoms with Crippen LogP contribution in [0.2, 0.25) is 0 Å². The third kappa shape index (κ3) is 5.44. The molecular formula is C15H28N4O2. The first kappa shape index (κ1) is 15.9. The highest BCUT2D eigenvalue weighted by Gasteiger charge is 2.24. The minimum Gasteiger partial charge on any atom is -0.453 e. The molecule has 0 aromatic carbocycles. The van der Waals surface area contributed by atoms with Crippen LogP contribution in [0.4, 0.5) is 4.79 Å². The molecule has 1 saturated carbocycles. The van der Waals surface area contributed by atoms with E-state index in [1.807, 2.05) is 0 Å². The number of nitrogens with zero attached hydrogens (tertiary/aromatic N) is 2. The minimum absolute atomic E-state index is 0.224. The fourth-order valence-electron chi connectivity index (χ4n) is 2.61. The average Bonchev–Trinajstić information content (AvgIpc) is 3.31. The van der Waals surface area contributed by atoms with Crippen LogP contribution in [-0.2, 0) is 4.74 Å². The number of nitrogens with one attached hydrogen (secondary N) is 2. The van der Waals surface area contributed by atoms with Crippen molar-refractivity contribution < 1.29 is 9.53 Å². The maximum absolute atomic E-state index is 11.5. The SMILES string of the molecule is CCNC(=NCCC1CC1)NC1CCN(C(=O)OC)CC1. The van der Waals surface area contributed by atoms with Crippen molar-refractivity contribution in [3.63, 3.8) is 0 Å². The van der Waals surface area contributed by atoms with Crippen molar-refractivity contribution in [3.8, 4) is 0 Å². The van der Waals surface area contributed by atoms with Crippen LogP contribution in [-0.4, -0.2) is 56.3 Å². The molecule has 120 valence electrons. The van der Waals surface area contributed by atoms with Crippen LogP contribution in [0.1, 0.15) is 39.0 Å². The Morgan fingerprint density at radius 3 is 2.57 bits per heavy atom. The lowest BCUT2D eigenvalue weighted by Crippen LogP contribution is -2.49. The Morgan fingerprint density at radius 2 is 2.00 bits per heavy atom. The molecule has 1 amide bonds. The summed E-state index contributed by atoms with van der Waals surface area (Å²) in [6.45, 7) is 5.34. The van der Waals surface area contributed by atoms with Gasteiger partial charge in [-0.25, -0.2) is 4.79 Å². The maximum Gasteiger partial charge on any atom is 0.409 e. The number of aliphatic imine (C=N–C) groups is 1. The van der Waals surface area contributed by atoms with E-state index in [1.165, 1.54) is 26.4 Å². The summed E-state index contributed by atoms with van der Waals surface area (Å²) < 4.78 is 4.76. The fourth-order valence-corrected chi connectivity index (χ4v) is 2.61. The molecule has 6 heteroatoms. The monoisotopic (exact) mass is 296 g/mol. The molecule has 0 radical (unpaired) electrons. The van der Waals surface area contributed by atoms with Crippen molar-refractivity contribution >= 4 is 12.1 Å². The van der Waals surface area contributed by atoms with Crippen LogP contribution in [0.3, 0.4) is 0 Å². The number of likely N-dealkylation sites (tertiary alicyclic amines) is 1. The van der Waals surface area contributed by atoms with Crippen molar-refractivity contribution in [2.45, 2.75) is 45.1 Å². The number of amides is 1. The first-order valence-corrected chi connectivity index (χ1v) is 8.10. The van der Waals surface area contributed by atoms with Gasteiger partial charge in [0.15, 0.2) is 5.96 Å². The molecule has 1 aliphatic carbocycles. The number of guanidine groups is 1. The number of carbonyl (C=O) groups excluding carboxylic acids is 1. The molecule has 2 rings (SSSR count). The van der Waals surface area contributed by atoms with E-state index in [0.717, 1.165) is 50.9 Å². The maximum atomic E-state index is 11.5. The van der Waals surface area contributed by atoms with E-state index < -0.39 is 0 Å². The third-order valence-corrected chi connectivity index (χ3v) is 4.12. The van der Waals surface area contributed by atoms with Crippen molar-refractivity contribution in [2.75, 3.05) is 33.3 Å². The van der Waals surface area contributed by atoms with E-state index in [2.05, 4.69) is 22.5 Å². The van der Waals surface area contributed by atoms with Crippen molar-refractivity contribution in [2.24, 2.45) is 10.9 Å². The lowest BCUT2D eigenvalue weighted by atomic mass is 10.1. The number of ether oxygens (including phenoxy) is 1. The molecule has 2 N–H and O–H groups in total. The average molecular weight is 296 g/mol. The van der Waals surface area contributed by atoms with Gasteiger partial charge in [0.05, 0.1) is 7.11 Å².